The summed E-state index contributed by atoms with van der Waals surface area (Å²) in [6, 6.07) is 2.08. The highest BCUT2D eigenvalue weighted by molar-refractivity contribution is 7.19. The highest BCUT2D eigenvalue weighted by Gasteiger charge is 2.50. The summed E-state index contributed by atoms with van der Waals surface area (Å²) in [4.78, 5) is 49.4. The van der Waals surface area contributed by atoms with Crippen molar-refractivity contribution in [2.75, 3.05) is 25.0 Å². The number of amides is 2. The van der Waals surface area contributed by atoms with Crippen molar-refractivity contribution >= 4 is 35.4 Å². The lowest BCUT2D eigenvalue weighted by molar-refractivity contribution is -0.185. The number of ether oxygens (including phenoxy) is 2. The van der Waals surface area contributed by atoms with Gasteiger partial charge in [0.25, 0.3) is 12.9 Å². The van der Waals surface area contributed by atoms with Gasteiger partial charge in [0.1, 0.15) is 16.8 Å². The first kappa shape index (κ1) is 34.6. The lowest BCUT2D eigenvalue weighted by atomic mass is 9.88. The molecule has 0 atom stereocenters. The lowest BCUT2D eigenvalue weighted by Crippen LogP contribution is -2.37. The second-order valence-corrected chi connectivity index (χ2v) is 11.1. The van der Waals surface area contributed by atoms with Gasteiger partial charge in [-0.15, -0.1) is 0 Å². The molecule has 10 nitrogen and oxygen atoms in total. The van der Waals surface area contributed by atoms with Gasteiger partial charge in [-0.05, 0) is 67.4 Å². The van der Waals surface area contributed by atoms with E-state index in [0.717, 1.165) is 44.1 Å². The largest absolute Gasteiger partial charge is 0.468 e. The highest BCUT2D eigenvalue weighted by Crippen LogP contribution is 2.42. The molecule has 3 heterocycles. The van der Waals surface area contributed by atoms with E-state index in [2.05, 4.69) is 19.8 Å². The van der Waals surface area contributed by atoms with Crippen molar-refractivity contribution in [1.82, 2.24) is 9.88 Å². The predicted molar refractivity (Wildman–Crippen MR) is 144 cm³/mol. The Labute approximate surface area is 234 Å². The molecule has 224 valence electrons. The Morgan fingerprint density at radius 2 is 1.73 bits per heavy atom. The van der Waals surface area contributed by atoms with Crippen LogP contribution < -0.4 is 10.9 Å². The Morgan fingerprint density at radius 3 is 2.15 bits per heavy atom. The second-order valence-electron chi connectivity index (χ2n) is 10.1. The van der Waals surface area contributed by atoms with E-state index < -0.39 is 23.0 Å². The molecule has 2 aromatic rings. The van der Waals surface area contributed by atoms with Gasteiger partial charge < -0.3 is 18.8 Å². The molecule has 1 fully saturated rings. The Hall–Kier alpha value is -3.42. The number of hydrogen-bond acceptors (Lipinski definition) is 9. The molecule has 0 saturated carbocycles. The van der Waals surface area contributed by atoms with Gasteiger partial charge in [0.15, 0.2) is 5.13 Å². The van der Waals surface area contributed by atoms with Crippen molar-refractivity contribution < 1.29 is 41.4 Å². The average Bonchev–Trinajstić information content (AvgIpc) is 3.48. The van der Waals surface area contributed by atoms with E-state index in [9.17, 15) is 32.3 Å². The number of aryl methyl sites for hydroxylation is 1. The maximum absolute atomic E-state index is 13.3. The Kier molecular flexibility index (Phi) is 12.8. The smallest absolute Gasteiger partial charge is 0.400 e. The Balaban J connectivity index is 0.000000559. The summed E-state index contributed by atoms with van der Waals surface area (Å²) in [5, 5.41) is 3.04. The molecule has 0 aliphatic carbocycles. The number of thiazole rings is 1. The topological polar surface area (TPSA) is 128 Å². The fourth-order valence-electron chi connectivity index (χ4n) is 3.08. The molecule has 1 N–H and O–H groups in total. The second kappa shape index (κ2) is 14.8. The summed E-state index contributed by atoms with van der Waals surface area (Å²) in [7, 11) is 0. The third kappa shape index (κ3) is 10.6. The van der Waals surface area contributed by atoms with Gasteiger partial charge in [-0.1, -0.05) is 11.3 Å². The molecule has 2 aromatic heterocycles. The summed E-state index contributed by atoms with van der Waals surface area (Å²) < 4.78 is 53.6. The van der Waals surface area contributed by atoms with Gasteiger partial charge in [-0.2, -0.15) is 13.2 Å². The van der Waals surface area contributed by atoms with Crippen LogP contribution in [0.2, 0.25) is 0 Å². The molecule has 1 saturated heterocycles. The van der Waals surface area contributed by atoms with Crippen LogP contribution in [-0.4, -0.2) is 60.3 Å². The quantitative estimate of drug-likeness (QED) is 0.425. The number of likely N-dealkylation sites (tertiary alicyclic amines) is 1. The first-order chi connectivity index (χ1) is 18.5. The monoisotopic (exact) mass is 591 g/mol. The Bertz CT molecular complexity index is 1180. The van der Waals surface area contributed by atoms with Gasteiger partial charge in [0, 0.05) is 24.7 Å². The molecular formula is C26H36F3N3O7S. The molecule has 3 rings (SSSR count). The zero-order valence-corrected chi connectivity index (χ0v) is 24.5. The number of nitrogens with zero attached hydrogens (tertiary/aromatic N) is 2. The zero-order chi connectivity index (χ0) is 30.7. The number of rotatable bonds is 6. The van der Waals surface area contributed by atoms with Crippen molar-refractivity contribution in [3.05, 3.63) is 34.0 Å². The van der Waals surface area contributed by atoms with Gasteiger partial charge in [0.05, 0.1) is 17.2 Å². The van der Waals surface area contributed by atoms with E-state index in [4.69, 9.17) is 4.42 Å². The summed E-state index contributed by atoms with van der Waals surface area (Å²) >= 11 is 1.10. The van der Waals surface area contributed by atoms with Crippen LogP contribution in [-0.2, 0) is 24.5 Å². The van der Waals surface area contributed by atoms with Gasteiger partial charge in [-0.25, -0.2) is 14.6 Å². The van der Waals surface area contributed by atoms with Crippen molar-refractivity contribution in [2.24, 2.45) is 0 Å². The summed E-state index contributed by atoms with van der Waals surface area (Å²) in [6.07, 6.45) is -2.68. The number of anilines is 1. The van der Waals surface area contributed by atoms with Crippen LogP contribution in [0.25, 0.3) is 10.4 Å². The minimum atomic E-state index is -4.58. The number of carbonyl (C=O) groups is 3. The van der Waals surface area contributed by atoms with E-state index in [0.29, 0.717) is 48.3 Å². The van der Waals surface area contributed by atoms with E-state index >= 15 is 0 Å². The third-order valence-corrected chi connectivity index (χ3v) is 6.52. The number of hydrogen-bond donors (Lipinski definition) is 1. The van der Waals surface area contributed by atoms with E-state index in [1.165, 1.54) is 6.07 Å². The highest BCUT2D eigenvalue weighted by atomic mass is 32.1. The van der Waals surface area contributed by atoms with Crippen molar-refractivity contribution in [3.63, 3.8) is 0 Å². The molecule has 1 aliphatic rings. The van der Waals surface area contributed by atoms with Crippen LogP contribution in [0, 0.1) is 6.92 Å². The lowest BCUT2D eigenvalue weighted by Gasteiger charge is -2.26. The SMILES string of the molecule is CC(C)(C)OC=O.CCOC=O.Cc1nc(NC(=O)N2CCCC2)sc1-c1cc(C(C)(C)C(F)(F)F)oc(=O)c1. The molecule has 0 aromatic carbocycles. The third-order valence-electron chi connectivity index (χ3n) is 5.40. The van der Waals surface area contributed by atoms with Crippen LogP contribution >= 0.6 is 11.3 Å². The minimum Gasteiger partial charge on any atom is -0.468 e. The van der Waals surface area contributed by atoms with E-state index in [1.807, 2.05) is 20.8 Å². The number of aromatic nitrogens is 1. The maximum atomic E-state index is 13.3. The molecule has 40 heavy (non-hydrogen) atoms. The van der Waals surface area contributed by atoms with Gasteiger partial charge in [-0.3, -0.25) is 14.9 Å². The molecule has 2 amide bonds. The van der Waals surface area contributed by atoms with Crippen molar-refractivity contribution in [1.29, 1.82) is 0 Å². The summed E-state index contributed by atoms with van der Waals surface area (Å²) in [6.45, 7) is 13.5. The first-order valence-corrected chi connectivity index (χ1v) is 13.2. The number of alkyl halides is 3. The normalized spacial score (nSPS) is 13.3. The van der Waals surface area contributed by atoms with Crippen LogP contribution in [0.4, 0.5) is 23.1 Å². The average molecular weight is 592 g/mol. The minimum absolute atomic E-state index is 0.260. The molecule has 1 aliphatic heterocycles. The number of halogens is 3. The first-order valence-electron chi connectivity index (χ1n) is 12.4. The number of carbonyl (C=O) groups excluding carboxylic acids is 3. The van der Waals surface area contributed by atoms with E-state index in [1.54, 1.807) is 18.7 Å². The van der Waals surface area contributed by atoms with Crippen LogP contribution in [0.5, 0.6) is 0 Å². The molecule has 0 unspecified atom stereocenters. The fourth-order valence-corrected chi connectivity index (χ4v) is 4.02. The summed E-state index contributed by atoms with van der Waals surface area (Å²) in [5.74, 6) is -0.474. The molecule has 0 spiro atoms. The number of urea groups is 1. The van der Waals surface area contributed by atoms with E-state index in [-0.39, 0.29) is 17.2 Å². The zero-order valence-electron chi connectivity index (χ0n) is 23.6. The Morgan fingerprint density at radius 1 is 1.12 bits per heavy atom. The van der Waals surface area contributed by atoms with Crippen molar-refractivity contribution in [3.8, 4) is 10.4 Å². The van der Waals surface area contributed by atoms with Gasteiger partial charge >= 0.3 is 17.8 Å². The van der Waals surface area contributed by atoms with Gasteiger partial charge in [0.2, 0.25) is 0 Å². The van der Waals surface area contributed by atoms with Crippen LogP contribution in [0.1, 0.15) is 65.8 Å². The molecule has 0 bridgehead atoms. The molecule has 0 radical (unpaired) electrons. The standard InChI is InChI=1S/C18H20F3N3O3S.C5H10O2.C3H6O2/c1-10-14(28-15(22-10)23-16(26)24-6-4-5-7-24)11-8-12(27-13(25)9-11)17(2,3)18(19,20)21;1-5(2,3)7-4-6;1-2-5-3-4/h8-9H,4-7H2,1-3H3,(H,22,23,26);4H,1-3H3;3H,2H2,1H3. The van der Waals surface area contributed by atoms with Crippen LogP contribution in [0.15, 0.2) is 21.3 Å². The fraction of sp³-hybridized carbons (Fsp3) is 0.577. The predicted octanol–water partition coefficient (Wildman–Crippen LogP) is 5.68. The summed E-state index contributed by atoms with van der Waals surface area (Å²) in [5.41, 5.74) is -2.74. The number of nitrogens with one attached hydrogen (secondary N) is 1. The van der Waals surface area contributed by atoms with Crippen LogP contribution in [0.3, 0.4) is 0 Å². The molecular weight excluding hydrogens is 555 g/mol. The molecule has 14 heteroatoms. The van der Waals surface area contributed by atoms with Crippen molar-refractivity contribution in [2.45, 2.75) is 78.5 Å². The maximum Gasteiger partial charge on any atom is 0.400 e.